The third-order valence-corrected chi connectivity index (χ3v) is 3.49. The van der Waals surface area contributed by atoms with Crippen molar-refractivity contribution >= 4 is 15.9 Å². The second kappa shape index (κ2) is 4.53. The molecule has 86 valence electrons. The van der Waals surface area contributed by atoms with Crippen LogP contribution in [0.3, 0.4) is 0 Å². The molecule has 1 aliphatic carbocycles. The summed E-state index contributed by atoms with van der Waals surface area (Å²) in [6, 6.07) is 8.01. The summed E-state index contributed by atoms with van der Waals surface area (Å²) in [6.07, 6.45) is 4.48. The van der Waals surface area contributed by atoms with E-state index in [4.69, 9.17) is 0 Å². The van der Waals surface area contributed by atoms with Crippen LogP contribution in [-0.2, 0) is 12.8 Å². The Balaban J connectivity index is 2.04. The summed E-state index contributed by atoms with van der Waals surface area (Å²) in [7, 11) is 0. The molecule has 0 bridgehead atoms. The number of fused-ring (bicyclic) bond motifs is 1. The number of nitrogens with zero attached hydrogens (tertiary/aromatic N) is 3. The van der Waals surface area contributed by atoms with Crippen LogP contribution in [0, 0.1) is 0 Å². The lowest BCUT2D eigenvalue weighted by Gasteiger charge is -2.13. The lowest BCUT2D eigenvalue weighted by atomic mass is 10.0. The Hall–Kier alpha value is -1.29. The topological polar surface area (TPSA) is 38.7 Å². The Morgan fingerprint density at radius 3 is 2.65 bits per heavy atom. The second-order valence-electron chi connectivity index (χ2n) is 4.25. The van der Waals surface area contributed by atoms with Gasteiger partial charge in [-0.25, -0.2) is 4.98 Å². The van der Waals surface area contributed by atoms with Crippen molar-refractivity contribution in [3.63, 3.8) is 0 Å². The van der Waals surface area contributed by atoms with Crippen molar-refractivity contribution in [2.45, 2.75) is 25.7 Å². The minimum Gasteiger partial charge on any atom is -0.230 e. The maximum Gasteiger partial charge on any atom is 0.182 e. The van der Waals surface area contributed by atoms with Crippen LogP contribution in [0.2, 0.25) is 0 Å². The van der Waals surface area contributed by atoms with Gasteiger partial charge >= 0.3 is 0 Å². The Bertz CT molecular complexity index is 554. The molecule has 1 aromatic heterocycles. The van der Waals surface area contributed by atoms with Crippen LogP contribution in [0.1, 0.15) is 24.2 Å². The van der Waals surface area contributed by atoms with Crippen molar-refractivity contribution in [3.05, 3.63) is 40.1 Å². The number of aromatic nitrogens is 3. The molecule has 3 nitrogen and oxygen atoms in total. The van der Waals surface area contributed by atoms with E-state index in [0.717, 1.165) is 40.1 Å². The van der Waals surface area contributed by atoms with Crippen molar-refractivity contribution in [1.29, 1.82) is 0 Å². The van der Waals surface area contributed by atoms with Gasteiger partial charge in [-0.1, -0.05) is 28.1 Å². The van der Waals surface area contributed by atoms with Gasteiger partial charge < -0.3 is 0 Å². The summed E-state index contributed by atoms with van der Waals surface area (Å²) in [5.74, 6) is 0.729. The molecule has 0 radical (unpaired) electrons. The molecule has 0 amide bonds. The first kappa shape index (κ1) is 10.8. The van der Waals surface area contributed by atoms with Crippen LogP contribution in [0.4, 0.5) is 0 Å². The highest BCUT2D eigenvalue weighted by Crippen LogP contribution is 2.22. The van der Waals surface area contributed by atoms with Gasteiger partial charge in [0.15, 0.2) is 5.82 Å². The molecule has 0 atom stereocenters. The average molecular weight is 290 g/mol. The Kier molecular flexibility index (Phi) is 2.89. The van der Waals surface area contributed by atoms with E-state index in [-0.39, 0.29) is 0 Å². The smallest absolute Gasteiger partial charge is 0.182 e. The minimum atomic E-state index is 0.729. The number of rotatable bonds is 1. The van der Waals surface area contributed by atoms with Gasteiger partial charge in [-0.15, -0.1) is 5.10 Å². The van der Waals surface area contributed by atoms with E-state index in [1.807, 2.05) is 24.3 Å². The molecule has 1 aromatic carbocycles. The average Bonchev–Trinajstić information content (AvgIpc) is 2.38. The molecule has 0 aliphatic heterocycles. The summed E-state index contributed by atoms with van der Waals surface area (Å²) in [6.45, 7) is 0. The fourth-order valence-electron chi connectivity index (χ4n) is 2.11. The molecule has 0 N–H and O–H groups in total. The monoisotopic (exact) mass is 289 g/mol. The van der Waals surface area contributed by atoms with Gasteiger partial charge in [0.2, 0.25) is 0 Å². The fourth-order valence-corrected chi connectivity index (χ4v) is 2.51. The molecular formula is C13H12BrN3. The lowest BCUT2D eigenvalue weighted by Crippen LogP contribution is -2.10. The van der Waals surface area contributed by atoms with Crippen LogP contribution in [0.5, 0.6) is 0 Å². The van der Waals surface area contributed by atoms with Crippen LogP contribution >= 0.6 is 15.9 Å². The summed E-state index contributed by atoms with van der Waals surface area (Å²) in [5, 5.41) is 8.52. The van der Waals surface area contributed by atoms with Crippen molar-refractivity contribution in [1.82, 2.24) is 15.2 Å². The Morgan fingerprint density at radius 1 is 1.00 bits per heavy atom. The van der Waals surface area contributed by atoms with Crippen LogP contribution in [0.15, 0.2) is 28.7 Å². The molecule has 0 saturated heterocycles. The second-order valence-corrected chi connectivity index (χ2v) is 5.16. The maximum absolute atomic E-state index is 4.63. The third-order valence-electron chi connectivity index (χ3n) is 3.00. The van der Waals surface area contributed by atoms with Crippen molar-refractivity contribution in [3.8, 4) is 11.4 Å². The first-order valence-corrected chi connectivity index (χ1v) is 6.60. The van der Waals surface area contributed by atoms with E-state index in [1.54, 1.807) is 0 Å². The van der Waals surface area contributed by atoms with Gasteiger partial charge in [-0.05, 0) is 37.8 Å². The standard InChI is InChI=1S/C13H12BrN3/c14-10-5-3-4-9(8-10)13-15-11-6-1-2-7-12(11)16-17-13/h3-5,8H,1-2,6-7H2. The molecule has 3 rings (SSSR count). The Morgan fingerprint density at radius 2 is 1.82 bits per heavy atom. The van der Waals surface area contributed by atoms with Gasteiger partial charge in [0.1, 0.15) is 0 Å². The van der Waals surface area contributed by atoms with E-state index in [2.05, 4.69) is 31.1 Å². The molecule has 0 unspecified atom stereocenters. The summed E-state index contributed by atoms with van der Waals surface area (Å²) >= 11 is 3.46. The van der Waals surface area contributed by atoms with E-state index in [0.29, 0.717) is 0 Å². The molecular weight excluding hydrogens is 278 g/mol. The Labute approximate surface area is 108 Å². The van der Waals surface area contributed by atoms with Crippen LogP contribution in [-0.4, -0.2) is 15.2 Å². The molecule has 1 aliphatic rings. The number of hydrogen-bond donors (Lipinski definition) is 0. The van der Waals surface area contributed by atoms with Crippen molar-refractivity contribution in [2.75, 3.05) is 0 Å². The van der Waals surface area contributed by atoms with Gasteiger partial charge in [0, 0.05) is 10.0 Å². The van der Waals surface area contributed by atoms with E-state index >= 15 is 0 Å². The predicted molar refractivity (Wildman–Crippen MR) is 69.6 cm³/mol. The summed E-state index contributed by atoms with van der Waals surface area (Å²) in [4.78, 5) is 4.63. The van der Waals surface area contributed by atoms with Crippen LogP contribution < -0.4 is 0 Å². The van der Waals surface area contributed by atoms with Gasteiger partial charge in [0.25, 0.3) is 0 Å². The zero-order chi connectivity index (χ0) is 11.7. The van der Waals surface area contributed by atoms with Crippen molar-refractivity contribution in [2.24, 2.45) is 0 Å². The third kappa shape index (κ3) is 2.22. The number of benzene rings is 1. The highest BCUT2D eigenvalue weighted by atomic mass is 79.9. The van der Waals surface area contributed by atoms with Crippen molar-refractivity contribution < 1.29 is 0 Å². The first-order valence-electron chi connectivity index (χ1n) is 5.81. The molecule has 0 spiro atoms. The summed E-state index contributed by atoms with van der Waals surface area (Å²) < 4.78 is 1.04. The number of aryl methyl sites for hydroxylation is 2. The minimum absolute atomic E-state index is 0.729. The quantitative estimate of drug-likeness (QED) is 0.809. The molecule has 17 heavy (non-hydrogen) atoms. The fraction of sp³-hybridized carbons (Fsp3) is 0.308. The highest BCUT2D eigenvalue weighted by Gasteiger charge is 2.14. The molecule has 0 fully saturated rings. The zero-order valence-corrected chi connectivity index (χ0v) is 10.9. The first-order chi connectivity index (χ1) is 8.33. The molecule has 4 heteroatoms. The van der Waals surface area contributed by atoms with Crippen LogP contribution in [0.25, 0.3) is 11.4 Å². The highest BCUT2D eigenvalue weighted by molar-refractivity contribution is 9.10. The summed E-state index contributed by atoms with van der Waals surface area (Å²) in [5.41, 5.74) is 3.22. The van der Waals surface area contributed by atoms with Gasteiger partial charge in [-0.2, -0.15) is 5.10 Å². The van der Waals surface area contributed by atoms with Gasteiger partial charge in [0.05, 0.1) is 11.4 Å². The van der Waals surface area contributed by atoms with E-state index in [9.17, 15) is 0 Å². The SMILES string of the molecule is Brc1cccc(-c2nnc3c(n2)CCCC3)c1. The number of halogens is 1. The zero-order valence-electron chi connectivity index (χ0n) is 9.36. The largest absolute Gasteiger partial charge is 0.230 e. The molecule has 1 heterocycles. The predicted octanol–water partition coefficient (Wildman–Crippen LogP) is 3.18. The molecule has 0 saturated carbocycles. The number of hydrogen-bond acceptors (Lipinski definition) is 3. The molecule has 2 aromatic rings. The van der Waals surface area contributed by atoms with E-state index in [1.165, 1.54) is 12.8 Å². The van der Waals surface area contributed by atoms with E-state index < -0.39 is 0 Å². The normalized spacial score (nSPS) is 14.4. The lowest BCUT2D eigenvalue weighted by molar-refractivity contribution is 0.634. The van der Waals surface area contributed by atoms with Gasteiger partial charge in [-0.3, -0.25) is 0 Å². The maximum atomic E-state index is 4.63.